The molecule has 1 aromatic carbocycles. The molecular weight excluding hydrogens is 216 g/mol. The zero-order valence-electron chi connectivity index (χ0n) is 8.97. The van der Waals surface area contributed by atoms with Crippen molar-refractivity contribution in [2.24, 2.45) is 5.73 Å². The van der Waals surface area contributed by atoms with Gasteiger partial charge in [0.05, 0.1) is 5.57 Å². The predicted molar refractivity (Wildman–Crippen MR) is 70.6 cm³/mol. The van der Waals surface area contributed by atoms with E-state index >= 15 is 0 Å². The SMILES string of the molecule is CC(=C\c1ccccc1)/C=C(\C#N)C(N)=S. The van der Waals surface area contributed by atoms with Gasteiger partial charge in [-0.15, -0.1) is 0 Å². The Morgan fingerprint density at radius 1 is 1.38 bits per heavy atom. The molecule has 0 saturated carbocycles. The van der Waals surface area contributed by atoms with Crippen molar-refractivity contribution in [3.05, 3.63) is 53.1 Å². The van der Waals surface area contributed by atoms with Crippen LogP contribution in [0, 0.1) is 11.3 Å². The maximum atomic E-state index is 8.80. The number of nitrogens with zero attached hydrogens (tertiary/aromatic N) is 1. The molecule has 0 atom stereocenters. The largest absolute Gasteiger partial charge is 0.389 e. The van der Waals surface area contributed by atoms with Gasteiger partial charge in [-0.2, -0.15) is 5.26 Å². The second-order valence-electron chi connectivity index (χ2n) is 3.33. The Bertz CT molecular complexity index is 478. The van der Waals surface area contributed by atoms with Crippen LogP contribution in [0.2, 0.25) is 0 Å². The van der Waals surface area contributed by atoms with Crippen molar-refractivity contribution in [2.45, 2.75) is 6.92 Å². The minimum Gasteiger partial charge on any atom is -0.389 e. The molecule has 2 N–H and O–H groups in total. The fourth-order valence-corrected chi connectivity index (χ4v) is 1.34. The second kappa shape index (κ2) is 5.84. The van der Waals surface area contributed by atoms with E-state index in [9.17, 15) is 0 Å². The van der Waals surface area contributed by atoms with Gasteiger partial charge in [-0.25, -0.2) is 0 Å². The van der Waals surface area contributed by atoms with E-state index in [1.165, 1.54) is 0 Å². The van der Waals surface area contributed by atoms with Crippen LogP contribution in [0.3, 0.4) is 0 Å². The van der Waals surface area contributed by atoms with Crippen molar-refractivity contribution in [3.63, 3.8) is 0 Å². The van der Waals surface area contributed by atoms with E-state index in [1.807, 2.05) is 49.4 Å². The fourth-order valence-electron chi connectivity index (χ4n) is 1.24. The number of nitriles is 1. The van der Waals surface area contributed by atoms with E-state index in [2.05, 4.69) is 0 Å². The molecule has 0 amide bonds. The van der Waals surface area contributed by atoms with Crippen LogP contribution in [-0.4, -0.2) is 4.99 Å². The van der Waals surface area contributed by atoms with Crippen LogP contribution in [0.5, 0.6) is 0 Å². The third-order valence-corrected chi connectivity index (χ3v) is 2.17. The van der Waals surface area contributed by atoms with Crippen molar-refractivity contribution >= 4 is 23.3 Å². The highest BCUT2D eigenvalue weighted by Crippen LogP contribution is 2.09. The standard InChI is InChI=1S/C13H12N2S/c1-10(8-12(9-14)13(15)16)7-11-5-3-2-4-6-11/h2-8H,1H3,(H2,15,16)/b10-7+,12-8+. The number of rotatable bonds is 3. The zero-order valence-corrected chi connectivity index (χ0v) is 9.79. The summed E-state index contributed by atoms with van der Waals surface area (Å²) < 4.78 is 0. The summed E-state index contributed by atoms with van der Waals surface area (Å²) in [5.74, 6) is 0. The summed E-state index contributed by atoms with van der Waals surface area (Å²) in [6.45, 7) is 1.91. The lowest BCUT2D eigenvalue weighted by molar-refractivity contribution is 1.48. The van der Waals surface area contributed by atoms with E-state index in [4.69, 9.17) is 23.2 Å². The van der Waals surface area contributed by atoms with Crippen molar-refractivity contribution in [1.29, 1.82) is 5.26 Å². The van der Waals surface area contributed by atoms with Crippen molar-refractivity contribution in [3.8, 4) is 6.07 Å². The Hall–Kier alpha value is -1.92. The number of benzene rings is 1. The highest BCUT2D eigenvalue weighted by atomic mass is 32.1. The van der Waals surface area contributed by atoms with Gasteiger partial charge in [0.25, 0.3) is 0 Å². The van der Waals surface area contributed by atoms with Gasteiger partial charge in [0.15, 0.2) is 0 Å². The van der Waals surface area contributed by atoms with Crippen LogP contribution in [0.4, 0.5) is 0 Å². The van der Waals surface area contributed by atoms with Crippen molar-refractivity contribution in [1.82, 2.24) is 0 Å². The number of nitrogens with two attached hydrogens (primary N) is 1. The van der Waals surface area contributed by atoms with Gasteiger partial charge in [0.2, 0.25) is 0 Å². The lowest BCUT2D eigenvalue weighted by Gasteiger charge is -1.97. The molecule has 0 aliphatic carbocycles. The van der Waals surface area contributed by atoms with E-state index in [-0.39, 0.29) is 4.99 Å². The monoisotopic (exact) mass is 228 g/mol. The summed E-state index contributed by atoms with van der Waals surface area (Å²) in [6.07, 6.45) is 3.66. The van der Waals surface area contributed by atoms with Gasteiger partial charge in [-0.3, -0.25) is 0 Å². The Balaban J connectivity index is 2.96. The van der Waals surface area contributed by atoms with Crippen LogP contribution in [-0.2, 0) is 0 Å². The molecule has 0 bridgehead atoms. The lowest BCUT2D eigenvalue weighted by Crippen LogP contribution is -2.09. The fraction of sp³-hybridized carbons (Fsp3) is 0.0769. The first-order valence-corrected chi connectivity index (χ1v) is 5.19. The molecule has 0 saturated heterocycles. The Labute approximate surface area is 101 Å². The minimum atomic E-state index is 0.128. The first-order chi connectivity index (χ1) is 7.63. The summed E-state index contributed by atoms with van der Waals surface area (Å²) in [5, 5.41) is 8.80. The van der Waals surface area contributed by atoms with Crippen LogP contribution in [0.1, 0.15) is 12.5 Å². The summed E-state index contributed by atoms with van der Waals surface area (Å²) >= 11 is 4.76. The number of allylic oxidation sites excluding steroid dienone is 2. The first kappa shape index (κ1) is 12.2. The Kier molecular flexibility index (Phi) is 4.43. The van der Waals surface area contributed by atoms with Crippen LogP contribution in [0.15, 0.2) is 47.6 Å². The maximum Gasteiger partial charge on any atom is 0.114 e. The number of hydrogen-bond acceptors (Lipinski definition) is 2. The van der Waals surface area contributed by atoms with Gasteiger partial charge in [0, 0.05) is 0 Å². The van der Waals surface area contributed by atoms with Crippen LogP contribution in [0.25, 0.3) is 6.08 Å². The Morgan fingerprint density at radius 3 is 2.50 bits per heavy atom. The molecule has 0 aromatic heterocycles. The average molecular weight is 228 g/mol. The minimum absolute atomic E-state index is 0.128. The van der Waals surface area contributed by atoms with Gasteiger partial charge in [0.1, 0.15) is 11.1 Å². The molecule has 0 unspecified atom stereocenters. The number of hydrogen-bond donors (Lipinski definition) is 1. The molecule has 0 heterocycles. The topological polar surface area (TPSA) is 49.8 Å². The van der Waals surface area contributed by atoms with Gasteiger partial charge in [-0.1, -0.05) is 48.6 Å². The summed E-state index contributed by atoms with van der Waals surface area (Å²) in [4.78, 5) is 0.128. The highest BCUT2D eigenvalue weighted by Gasteiger charge is 1.98. The van der Waals surface area contributed by atoms with E-state index in [0.29, 0.717) is 5.57 Å². The average Bonchev–Trinajstić information content (AvgIpc) is 2.27. The molecule has 2 nitrogen and oxygen atoms in total. The van der Waals surface area contributed by atoms with Gasteiger partial charge < -0.3 is 5.73 Å². The molecule has 3 heteroatoms. The molecule has 0 aliphatic heterocycles. The normalized spacial score (nSPS) is 12.0. The maximum absolute atomic E-state index is 8.80. The number of thiocarbonyl (C=S) groups is 1. The molecule has 0 aliphatic rings. The van der Waals surface area contributed by atoms with Crippen molar-refractivity contribution in [2.75, 3.05) is 0 Å². The molecule has 0 spiro atoms. The quantitative estimate of drug-likeness (QED) is 0.374. The van der Waals surface area contributed by atoms with E-state index in [1.54, 1.807) is 6.08 Å². The molecule has 1 rings (SSSR count). The first-order valence-electron chi connectivity index (χ1n) is 4.78. The lowest BCUT2D eigenvalue weighted by atomic mass is 10.1. The van der Waals surface area contributed by atoms with Gasteiger partial charge >= 0.3 is 0 Å². The molecular formula is C13H12N2S. The Morgan fingerprint density at radius 2 is 2.00 bits per heavy atom. The molecule has 80 valence electrons. The third-order valence-electron chi connectivity index (χ3n) is 1.95. The summed E-state index contributed by atoms with van der Waals surface area (Å²) in [7, 11) is 0. The highest BCUT2D eigenvalue weighted by molar-refractivity contribution is 7.80. The summed E-state index contributed by atoms with van der Waals surface area (Å²) in [5.41, 5.74) is 7.76. The van der Waals surface area contributed by atoms with Crippen LogP contribution >= 0.6 is 12.2 Å². The molecule has 0 fully saturated rings. The van der Waals surface area contributed by atoms with E-state index < -0.39 is 0 Å². The molecule has 16 heavy (non-hydrogen) atoms. The zero-order chi connectivity index (χ0) is 12.0. The second-order valence-corrected chi connectivity index (χ2v) is 3.77. The molecule has 0 radical (unpaired) electrons. The van der Waals surface area contributed by atoms with E-state index in [0.717, 1.165) is 11.1 Å². The molecule has 1 aromatic rings. The predicted octanol–water partition coefficient (Wildman–Crippen LogP) is 2.83. The third kappa shape index (κ3) is 3.68. The smallest absolute Gasteiger partial charge is 0.114 e. The van der Waals surface area contributed by atoms with Gasteiger partial charge in [-0.05, 0) is 24.1 Å². The van der Waals surface area contributed by atoms with Crippen molar-refractivity contribution < 1.29 is 0 Å². The summed E-state index contributed by atoms with van der Waals surface area (Å²) in [6, 6.07) is 11.8. The van der Waals surface area contributed by atoms with Crippen LogP contribution < -0.4 is 5.73 Å².